The Morgan fingerprint density at radius 3 is 2.53 bits per heavy atom. The van der Waals surface area contributed by atoms with Crippen LogP contribution in [0, 0.1) is 5.41 Å². The maximum absolute atomic E-state index is 11.2. The Balaban J connectivity index is 2.09. The molecule has 1 aromatic heterocycles. The van der Waals surface area contributed by atoms with Gasteiger partial charge in [0, 0.05) is 24.8 Å². The van der Waals surface area contributed by atoms with Crippen molar-refractivity contribution < 1.29 is 9.90 Å². The smallest absolute Gasteiger partial charge is 0.309 e. The zero-order valence-corrected chi connectivity index (χ0v) is 11.8. The number of aromatic nitrogens is 2. The topological polar surface area (TPSA) is 66.3 Å². The lowest BCUT2D eigenvalue weighted by molar-refractivity contribution is -0.149. The Kier molecular flexibility index (Phi) is 3.73. The number of piperidine rings is 1. The number of nitrogens with zero attached hydrogens (tertiary/aromatic N) is 3. The number of carboxylic acids is 1. The molecule has 0 amide bonds. The van der Waals surface area contributed by atoms with Gasteiger partial charge in [-0.2, -0.15) is 0 Å². The molecule has 104 valence electrons. The molecule has 0 bridgehead atoms. The van der Waals surface area contributed by atoms with Crippen LogP contribution in [0.25, 0.3) is 0 Å². The second kappa shape index (κ2) is 5.15. The molecule has 5 heteroatoms. The number of hydrogen-bond donors (Lipinski definition) is 1. The SMILES string of the molecule is CC(C)c1cc(N2CCC(C)(C(=O)O)CC2)ncn1. The summed E-state index contributed by atoms with van der Waals surface area (Å²) >= 11 is 0. The summed E-state index contributed by atoms with van der Waals surface area (Å²) in [6.45, 7) is 7.49. The highest BCUT2D eigenvalue weighted by Crippen LogP contribution is 2.32. The summed E-state index contributed by atoms with van der Waals surface area (Å²) in [5, 5.41) is 9.23. The Morgan fingerprint density at radius 2 is 2.00 bits per heavy atom. The molecule has 1 saturated heterocycles. The highest BCUT2D eigenvalue weighted by Gasteiger charge is 2.37. The van der Waals surface area contributed by atoms with E-state index in [1.165, 1.54) is 0 Å². The third kappa shape index (κ3) is 2.85. The van der Waals surface area contributed by atoms with Gasteiger partial charge in [0.05, 0.1) is 5.41 Å². The molecule has 0 radical (unpaired) electrons. The van der Waals surface area contributed by atoms with Crippen molar-refractivity contribution in [1.29, 1.82) is 0 Å². The normalized spacial score (nSPS) is 18.6. The Bertz CT molecular complexity index is 466. The molecule has 2 rings (SSSR count). The number of aliphatic carboxylic acids is 1. The van der Waals surface area contributed by atoms with E-state index >= 15 is 0 Å². The molecule has 0 spiro atoms. The average molecular weight is 263 g/mol. The maximum Gasteiger partial charge on any atom is 0.309 e. The molecule has 0 aliphatic carbocycles. The molecule has 0 aromatic carbocycles. The summed E-state index contributed by atoms with van der Waals surface area (Å²) < 4.78 is 0. The van der Waals surface area contributed by atoms with Crippen molar-refractivity contribution in [1.82, 2.24) is 9.97 Å². The minimum Gasteiger partial charge on any atom is -0.481 e. The average Bonchev–Trinajstić information content (AvgIpc) is 2.39. The number of carbonyl (C=O) groups is 1. The van der Waals surface area contributed by atoms with E-state index in [1.54, 1.807) is 6.33 Å². The molecular formula is C14H21N3O2. The Hall–Kier alpha value is -1.65. The molecular weight excluding hydrogens is 242 g/mol. The quantitative estimate of drug-likeness (QED) is 0.906. The van der Waals surface area contributed by atoms with Crippen LogP contribution in [0.1, 0.15) is 45.2 Å². The van der Waals surface area contributed by atoms with Crippen LogP contribution in [0.5, 0.6) is 0 Å². The first-order valence-corrected chi connectivity index (χ1v) is 6.73. The van der Waals surface area contributed by atoms with E-state index in [9.17, 15) is 9.90 Å². The van der Waals surface area contributed by atoms with E-state index in [1.807, 2.05) is 13.0 Å². The maximum atomic E-state index is 11.2. The van der Waals surface area contributed by atoms with E-state index in [0.717, 1.165) is 24.6 Å². The van der Waals surface area contributed by atoms with Gasteiger partial charge in [-0.25, -0.2) is 9.97 Å². The van der Waals surface area contributed by atoms with Gasteiger partial charge in [-0.1, -0.05) is 13.8 Å². The van der Waals surface area contributed by atoms with Gasteiger partial charge in [0.2, 0.25) is 0 Å². The van der Waals surface area contributed by atoms with Crippen LogP contribution in [0.4, 0.5) is 5.82 Å². The fraction of sp³-hybridized carbons (Fsp3) is 0.643. The molecule has 19 heavy (non-hydrogen) atoms. The van der Waals surface area contributed by atoms with Gasteiger partial charge < -0.3 is 10.0 Å². The largest absolute Gasteiger partial charge is 0.481 e. The molecule has 1 fully saturated rings. The van der Waals surface area contributed by atoms with Crippen LogP contribution in [0.2, 0.25) is 0 Å². The third-order valence-electron chi connectivity index (χ3n) is 3.97. The van der Waals surface area contributed by atoms with Gasteiger partial charge in [0.25, 0.3) is 0 Å². The lowest BCUT2D eigenvalue weighted by Crippen LogP contribution is -2.43. The first kappa shape index (κ1) is 13.8. The zero-order chi connectivity index (χ0) is 14.0. The molecule has 0 atom stereocenters. The van der Waals surface area contributed by atoms with Gasteiger partial charge in [-0.05, 0) is 25.7 Å². The monoisotopic (exact) mass is 263 g/mol. The summed E-state index contributed by atoms with van der Waals surface area (Å²) in [5.74, 6) is 0.583. The third-order valence-corrected chi connectivity index (χ3v) is 3.97. The van der Waals surface area contributed by atoms with E-state index < -0.39 is 11.4 Å². The van der Waals surface area contributed by atoms with Crippen LogP contribution in [-0.2, 0) is 4.79 Å². The van der Waals surface area contributed by atoms with Gasteiger partial charge in [-0.3, -0.25) is 4.79 Å². The minimum atomic E-state index is -0.697. The lowest BCUT2D eigenvalue weighted by atomic mass is 9.80. The molecule has 0 saturated carbocycles. The van der Waals surface area contributed by atoms with Gasteiger partial charge >= 0.3 is 5.97 Å². The van der Waals surface area contributed by atoms with Crippen molar-refractivity contribution >= 4 is 11.8 Å². The van der Waals surface area contributed by atoms with Crippen LogP contribution < -0.4 is 4.90 Å². The first-order valence-electron chi connectivity index (χ1n) is 6.73. The van der Waals surface area contributed by atoms with Crippen molar-refractivity contribution in [3.05, 3.63) is 18.1 Å². The van der Waals surface area contributed by atoms with Crippen molar-refractivity contribution in [2.24, 2.45) is 5.41 Å². The lowest BCUT2D eigenvalue weighted by Gasteiger charge is -2.37. The van der Waals surface area contributed by atoms with Crippen LogP contribution in [-0.4, -0.2) is 34.1 Å². The summed E-state index contributed by atoms with van der Waals surface area (Å²) in [7, 11) is 0. The van der Waals surface area contributed by atoms with Crippen LogP contribution >= 0.6 is 0 Å². The molecule has 2 heterocycles. The van der Waals surface area contributed by atoms with E-state index in [2.05, 4.69) is 28.7 Å². The predicted molar refractivity (Wildman–Crippen MR) is 73.3 cm³/mol. The Labute approximate surface area is 113 Å². The molecule has 0 unspecified atom stereocenters. The second-order valence-corrected chi connectivity index (χ2v) is 5.81. The van der Waals surface area contributed by atoms with Gasteiger partial charge in [-0.15, -0.1) is 0 Å². The second-order valence-electron chi connectivity index (χ2n) is 5.81. The fourth-order valence-corrected chi connectivity index (χ4v) is 2.29. The summed E-state index contributed by atoms with van der Waals surface area (Å²) in [6, 6.07) is 2.01. The number of anilines is 1. The summed E-state index contributed by atoms with van der Waals surface area (Å²) in [5.41, 5.74) is 0.432. The first-order chi connectivity index (χ1) is 8.92. The van der Waals surface area contributed by atoms with Gasteiger partial charge in [0.1, 0.15) is 12.1 Å². The predicted octanol–water partition coefficient (Wildman–Crippen LogP) is 2.29. The van der Waals surface area contributed by atoms with Crippen molar-refractivity contribution in [3.63, 3.8) is 0 Å². The van der Waals surface area contributed by atoms with Gasteiger partial charge in [0.15, 0.2) is 0 Å². The molecule has 1 aliphatic rings. The minimum absolute atomic E-state index is 0.371. The number of rotatable bonds is 3. The summed E-state index contributed by atoms with van der Waals surface area (Å²) in [4.78, 5) is 21.9. The molecule has 1 aromatic rings. The number of carboxylic acid groups (broad SMARTS) is 1. The zero-order valence-electron chi connectivity index (χ0n) is 11.8. The number of hydrogen-bond acceptors (Lipinski definition) is 4. The molecule has 1 aliphatic heterocycles. The van der Waals surface area contributed by atoms with Crippen LogP contribution in [0.3, 0.4) is 0 Å². The van der Waals surface area contributed by atoms with Crippen molar-refractivity contribution in [2.75, 3.05) is 18.0 Å². The highest BCUT2D eigenvalue weighted by molar-refractivity contribution is 5.74. The summed E-state index contributed by atoms with van der Waals surface area (Å²) in [6.07, 6.45) is 2.91. The van der Waals surface area contributed by atoms with Crippen molar-refractivity contribution in [3.8, 4) is 0 Å². The van der Waals surface area contributed by atoms with E-state index in [4.69, 9.17) is 0 Å². The van der Waals surface area contributed by atoms with E-state index in [0.29, 0.717) is 18.8 Å². The molecule has 1 N–H and O–H groups in total. The van der Waals surface area contributed by atoms with E-state index in [-0.39, 0.29) is 0 Å². The Morgan fingerprint density at radius 1 is 1.37 bits per heavy atom. The van der Waals surface area contributed by atoms with Crippen LogP contribution in [0.15, 0.2) is 12.4 Å². The van der Waals surface area contributed by atoms with Crippen molar-refractivity contribution in [2.45, 2.75) is 39.5 Å². The molecule has 5 nitrogen and oxygen atoms in total. The fourth-order valence-electron chi connectivity index (χ4n) is 2.29. The standard InChI is InChI=1S/C14H21N3O2/c1-10(2)11-8-12(16-9-15-11)17-6-4-14(3,5-7-17)13(18)19/h8-10H,4-7H2,1-3H3,(H,18,19). The highest BCUT2D eigenvalue weighted by atomic mass is 16.4.